The molecule has 108 valence electrons. The molecule has 1 aliphatic heterocycles. The maximum absolute atomic E-state index is 6.72. The Hall–Kier alpha value is -0.0800. The summed E-state index contributed by atoms with van der Waals surface area (Å²) < 4.78 is 0. The zero-order valence-corrected chi connectivity index (χ0v) is 12.3. The average Bonchev–Trinajstić information content (AvgIpc) is 2.87. The smallest absolute Gasteiger partial charge is 0.0108 e. The summed E-state index contributed by atoms with van der Waals surface area (Å²) in [6.07, 6.45) is 13.1. The molecule has 0 aromatic rings. The molecule has 2 heteroatoms. The molecular formula is C17H30N2. The van der Waals surface area contributed by atoms with E-state index in [0.717, 1.165) is 17.8 Å². The van der Waals surface area contributed by atoms with Crippen LogP contribution in [0.5, 0.6) is 0 Å². The topological polar surface area (TPSA) is 29.3 Å². The van der Waals surface area contributed by atoms with Crippen molar-refractivity contribution < 1.29 is 0 Å². The first-order valence-electron chi connectivity index (χ1n) is 8.71. The van der Waals surface area contributed by atoms with Crippen LogP contribution in [-0.2, 0) is 0 Å². The zero-order valence-electron chi connectivity index (χ0n) is 12.3. The van der Waals surface area contributed by atoms with Gasteiger partial charge in [-0.3, -0.25) is 0 Å². The van der Waals surface area contributed by atoms with E-state index in [2.05, 4.69) is 4.90 Å². The lowest BCUT2D eigenvalue weighted by Crippen LogP contribution is -2.55. The van der Waals surface area contributed by atoms with Crippen LogP contribution in [0, 0.1) is 23.2 Å². The number of nitrogens with two attached hydrogens (primary N) is 1. The zero-order chi connectivity index (χ0) is 12.9. The van der Waals surface area contributed by atoms with Crippen molar-refractivity contribution >= 4 is 0 Å². The van der Waals surface area contributed by atoms with Crippen molar-refractivity contribution in [1.82, 2.24) is 4.90 Å². The fourth-order valence-electron chi connectivity index (χ4n) is 6.27. The summed E-state index contributed by atoms with van der Waals surface area (Å²) in [5.74, 6) is 3.14. The van der Waals surface area contributed by atoms with Crippen LogP contribution >= 0.6 is 0 Å². The molecule has 0 spiro atoms. The van der Waals surface area contributed by atoms with Crippen LogP contribution < -0.4 is 5.73 Å². The van der Waals surface area contributed by atoms with Gasteiger partial charge >= 0.3 is 0 Å². The fraction of sp³-hybridized carbons (Fsp3) is 1.00. The molecule has 4 bridgehead atoms. The summed E-state index contributed by atoms with van der Waals surface area (Å²) in [6.45, 7) is 3.92. The quantitative estimate of drug-likeness (QED) is 0.844. The predicted octanol–water partition coefficient (Wildman–Crippen LogP) is 3.02. The van der Waals surface area contributed by atoms with E-state index in [1.54, 1.807) is 0 Å². The molecule has 0 aromatic heterocycles. The van der Waals surface area contributed by atoms with Gasteiger partial charge in [-0.05, 0) is 101 Å². The maximum Gasteiger partial charge on any atom is 0.0108 e. The second-order valence-electron chi connectivity index (χ2n) is 8.22. The van der Waals surface area contributed by atoms with Crippen molar-refractivity contribution in [1.29, 1.82) is 0 Å². The van der Waals surface area contributed by atoms with E-state index in [0.29, 0.717) is 11.5 Å². The van der Waals surface area contributed by atoms with E-state index >= 15 is 0 Å². The average molecular weight is 262 g/mol. The third-order valence-corrected chi connectivity index (χ3v) is 6.83. The number of nitrogens with zero attached hydrogens (tertiary/aromatic N) is 1. The summed E-state index contributed by atoms with van der Waals surface area (Å²) in [5, 5.41) is 0. The van der Waals surface area contributed by atoms with Gasteiger partial charge in [0.15, 0.2) is 0 Å². The third-order valence-electron chi connectivity index (χ3n) is 6.83. The van der Waals surface area contributed by atoms with Gasteiger partial charge in [0.2, 0.25) is 0 Å². The Balaban J connectivity index is 1.40. The second kappa shape index (κ2) is 4.73. The highest BCUT2D eigenvalue weighted by atomic mass is 15.1. The van der Waals surface area contributed by atoms with E-state index < -0.39 is 0 Å². The molecule has 2 N–H and O–H groups in total. The van der Waals surface area contributed by atoms with E-state index in [1.165, 1.54) is 77.4 Å². The van der Waals surface area contributed by atoms with Crippen LogP contribution in [0.4, 0.5) is 0 Å². The van der Waals surface area contributed by atoms with Crippen LogP contribution in [0.25, 0.3) is 0 Å². The lowest BCUT2D eigenvalue weighted by molar-refractivity contribution is -0.0689. The number of hydrogen-bond acceptors (Lipinski definition) is 2. The SMILES string of the molecule is NC(CCN1CCCC1)C12CC3CC(CC(C3)C1)C2. The van der Waals surface area contributed by atoms with Crippen LogP contribution in [-0.4, -0.2) is 30.6 Å². The van der Waals surface area contributed by atoms with Crippen LogP contribution in [0.2, 0.25) is 0 Å². The van der Waals surface area contributed by atoms with Crippen molar-refractivity contribution in [3.8, 4) is 0 Å². The van der Waals surface area contributed by atoms with Gasteiger partial charge in [0, 0.05) is 6.04 Å². The first-order chi connectivity index (χ1) is 9.23. The molecule has 5 aliphatic rings. The number of likely N-dealkylation sites (tertiary alicyclic amines) is 1. The number of rotatable bonds is 4. The Morgan fingerprint density at radius 1 is 0.947 bits per heavy atom. The van der Waals surface area contributed by atoms with Crippen molar-refractivity contribution in [2.24, 2.45) is 28.9 Å². The summed E-state index contributed by atoms with van der Waals surface area (Å²) in [5.41, 5.74) is 7.29. The standard InChI is InChI=1S/C17H30N2/c18-16(3-6-19-4-1-2-5-19)17-10-13-7-14(11-17)9-15(8-13)12-17/h13-16H,1-12,18H2. The molecule has 1 unspecified atom stereocenters. The Bertz CT molecular complexity index is 297. The lowest BCUT2D eigenvalue weighted by atomic mass is 9.47. The Morgan fingerprint density at radius 2 is 1.47 bits per heavy atom. The minimum atomic E-state index is 0.487. The Morgan fingerprint density at radius 3 is 2.00 bits per heavy atom. The van der Waals surface area contributed by atoms with E-state index in [1.807, 2.05) is 0 Å². The predicted molar refractivity (Wildman–Crippen MR) is 78.9 cm³/mol. The molecule has 0 amide bonds. The van der Waals surface area contributed by atoms with Gasteiger partial charge < -0.3 is 10.6 Å². The summed E-state index contributed by atoms with van der Waals surface area (Å²) in [7, 11) is 0. The highest BCUT2D eigenvalue weighted by molar-refractivity contribution is 5.05. The van der Waals surface area contributed by atoms with Crippen molar-refractivity contribution in [2.75, 3.05) is 19.6 Å². The summed E-state index contributed by atoms with van der Waals surface area (Å²) >= 11 is 0. The van der Waals surface area contributed by atoms with Crippen molar-refractivity contribution in [3.63, 3.8) is 0 Å². The van der Waals surface area contributed by atoms with E-state index in [-0.39, 0.29) is 0 Å². The third kappa shape index (κ3) is 2.25. The molecule has 1 atom stereocenters. The van der Waals surface area contributed by atoms with Gasteiger partial charge in [-0.25, -0.2) is 0 Å². The van der Waals surface area contributed by atoms with Crippen LogP contribution in [0.15, 0.2) is 0 Å². The second-order valence-corrected chi connectivity index (χ2v) is 8.22. The van der Waals surface area contributed by atoms with Crippen molar-refractivity contribution in [2.45, 2.75) is 63.8 Å². The minimum absolute atomic E-state index is 0.487. The highest BCUT2D eigenvalue weighted by Crippen LogP contribution is 2.61. The molecule has 5 fully saturated rings. The van der Waals surface area contributed by atoms with Gasteiger partial charge in [-0.2, -0.15) is 0 Å². The highest BCUT2D eigenvalue weighted by Gasteiger charge is 2.53. The Labute approximate surface area is 118 Å². The summed E-state index contributed by atoms with van der Waals surface area (Å²) in [6, 6.07) is 0.487. The molecule has 4 saturated carbocycles. The van der Waals surface area contributed by atoms with Crippen molar-refractivity contribution in [3.05, 3.63) is 0 Å². The van der Waals surface area contributed by atoms with E-state index in [4.69, 9.17) is 5.73 Å². The minimum Gasteiger partial charge on any atom is -0.327 e. The molecule has 19 heavy (non-hydrogen) atoms. The summed E-state index contributed by atoms with van der Waals surface area (Å²) in [4.78, 5) is 2.64. The molecule has 5 rings (SSSR count). The lowest BCUT2D eigenvalue weighted by Gasteiger charge is -2.59. The number of hydrogen-bond donors (Lipinski definition) is 1. The van der Waals surface area contributed by atoms with Gasteiger partial charge in [0.1, 0.15) is 0 Å². The molecule has 0 aromatic carbocycles. The first kappa shape index (κ1) is 12.6. The Kier molecular flexibility index (Phi) is 3.15. The molecule has 1 saturated heterocycles. The molecule has 2 nitrogen and oxygen atoms in total. The molecule has 1 heterocycles. The van der Waals surface area contributed by atoms with Gasteiger partial charge in [0.25, 0.3) is 0 Å². The largest absolute Gasteiger partial charge is 0.327 e. The van der Waals surface area contributed by atoms with Gasteiger partial charge in [-0.15, -0.1) is 0 Å². The maximum atomic E-state index is 6.72. The van der Waals surface area contributed by atoms with Crippen LogP contribution in [0.1, 0.15) is 57.8 Å². The molecule has 4 aliphatic carbocycles. The molecular weight excluding hydrogens is 232 g/mol. The normalized spacial score (nSPS) is 46.9. The van der Waals surface area contributed by atoms with Gasteiger partial charge in [0.05, 0.1) is 0 Å². The molecule has 0 radical (unpaired) electrons. The van der Waals surface area contributed by atoms with Crippen LogP contribution in [0.3, 0.4) is 0 Å². The first-order valence-corrected chi connectivity index (χ1v) is 8.71. The fourth-order valence-corrected chi connectivity index (χ4v) is 6.27. The van der Waals surface area contributed by atoms with E-state index in [9.17, 15) is 0 Å². The van der Waals surface area contributed by atoms with Gasteiger partial charge in [-0.1, -0.05) is 0 Å². The monoisotopic (exact) mass is 262 g/mol.